The average molecular weight is 434 g/mol. The Kier molecular flexibility index (Phi) is 5.75. The zero-order chi connectivity index (χ0) is 22.3. The van der Waals surface area contributed by atoms with E-state index in [4.69, 9.17) is 4.98 Å². The Morgan fingerprint density at radius 2 is 1.71 bits per heavy atom. The number of hydrogen-bond acceptors (Lipinski definition) is 4. The number of hydrogen-bond donors (Lipinski definition) is 0. The molecule has 4 aromatic rings. The lowest BCUT2D eigenvalue weighted by molar-refractivity contribution is 0.0994. The summed E-state index contributed by atoms with van der Waals surface area (Å²) >= 11 is 1.48. The molecule has 6 heteroatoms. The molecule has 0 bridgehead atoms. The van der Waals surface area contributed by atoms with Crippen LogP contribution < -0.4 is 5.69 Å². The first-order chi connectivity index (χ1) is 14.8. The number of para-hydroxylation sites is 1. The van der Waals surface area contributed by atoms with Gasteiger partial charge in [-0.3, -0.25) is 13.9 Å². The second-order valence-corrected chi connectivity index (χ2v) is 9.21. The summed E-state index contributed by atoms with van der Waals surface area (Å²) < 4.78 is 3.47. The summed E-state index contributed by atoms with van der Waals surface area (Å²) in [6, 6.07) is 13.8. The number of pyridine rings is 1. The third kappa shape index (κ3) is 3.69. The summed E-state index contributed by atoms with van der Waals surface area (Å²) in [5.74, 6) is 0.0376. The van der Waals surface area contributed by atoms with Gasteiger partial charge in [0.1, 0.15) is 0 Å². The molecule has 2 aromatic carbocycles. The van der Waals surface area contributed by atoms with Crippen LogP contribution in [0.2, 0.25) is 0 Å². The third-order valence-corrected chi connectivity index (χ3v) is 6.85. The normalized spacial score (nSPS) is 12.5. The Balaban J connectivity index is 1.67. The average Bonchev–Trinajstić information content (AvgIpc) is 3.03. The van der Waals surface area contributed by atoms with Crippen molar-refractivity contribution in [3.63, 3.8) is 0 Å². The minimum Gasteiger partial charge on any atom is -0.293 e. The molecular weight excluding hydrogens is 406 g/mol. The van der Waals surface area contributed by atoms with Crippen molar-refractivity contribution in [3.8, 4) is 0 Å². The number of fused-ring (bicyclic) bond motifs is 2. The summed E-state index contributed by atoms with van der Waals surface area (Å²) in [5, 5.41) is 1.71. The van der Waals surface area contributed by atoms with E-state index >= 15 is 0 Å². The lowest BCUT2D eigenvalue weighted by atomic mass is 10.1. The zero-order valence-electron chi connectivity index (χ0n) is 18.6. The number of imidazole rings is 1. The highest BCUT2D eigenvalue weighted by atomic mass is 32.2. The van der Waals surface area contributed by atoms with Crippen molar-refractivity contribution >= 4 is 39.5 Å². The molecule has 31 heavy (non-hydrogen) atoms. The second kappa shape index (κ2) is 8.35. The van der Waals surface area contributed by atoms with E-state index in [1.165, 1.54) is 11.8 Å². The molecule has 2 heterocycles. The van der Waals surface area contributed by atoms with Gasteiger partial charge in [0.15, 0.2) is 5.78 Å². The van der Waals surface area contributed by atoms with Gasteiger partial charge in [-0.2, -0.15) is 0 Å². The maximum atomic E-state index is 13.2. The summed E-state index contributed by atoms with van der Waals surface area (Å²) in [7, 11) is 0. The number of Topliss-reactive ketones (excluding diaryl/α,β-unsaturated/α-hetero) is 1. The monoisotopic (exact) mass is 433 g/mol. The van der Waals surface area contributed by atoms with Crippen LogP contribution in [0.4, 0.5) is 0 Å². The standard InChI is InChI=1S/C25H27N3O2S/c1-6-27-20-12-11-18(14-21(20)28(7-2)25(27)30)24(29)17(5)31-22-13-16(4)19-10-8-9-15(3)23(19)26-22/h8-14,17H,6-7H2,1-5H3. The SMILES string of the molecule is CCn1c(=O)n(CC)c2cc(C(=O)C(C)Sc3cc(C)c4cccc(C)c4n3)ccc21. The number of rotatable bonds is 6. The fraction of sp³-hybridized carbons (Fsp3) is 0.320. The van der Waals surface area contributed by atoms with Crippen LogP contribution in [0.3, 0.4) is 0 Å². The fourth-order valence-electron chi connectivity index (χ4n) is 4.14. The van der Waals surface area contributed by atoms with E-state index in [0.29, 0.717) is 18.7 Å². The smallest absolute Gasteiger partial charge is 0.293 e. The van der Waals surface area contributed by atoms with E-state index in [1.807, 2.05) is 45.0 Å². The number of carbonyl (C=O) groups excluding carboxylic acids is 1. The minimum atomic E-state index is -0.291. The van der Waals surface area contributed by atoms with E-state index in [0.717, 1.165) is 38.1 Å². The first-order valence-corrected chi connectivity index (χ1v) is 11.5. The van der Waals surface area contributed by atoms with Crippen LogP contribution in [-0.4, -0.2) is 25.2 Å². The molecule has 0 saturated carbocycles. The molecule has 5 nitrogen and oxygen atoms in total. The first kappa shape index (κ1) is 21.4. The van der Waals surface area contributed by atoms with Crippen molar-refractivity contribution in [2.24, 2.45) is 0 Å². The molecule has 0 N–H and O–H groups in total. The second-order valence-electron chi connectivity index (χ2n) is 7.85. The highest BCUT2D eigenvalue weighted by molar-refractivity contribution is 8.00. The van der Waals surface area contributed by atoms with Gasteiger partial charge in [0.05, 0.1) is 26.8 Å². The molecule has 2 aromatic heterocycles. The number of aromatic nitrogens is 3. The fourth-order valence-corrected chi connectivity index (χ4v) is 5.14. The first-order valence-electron chi connectivity index (χ1n) is 10.7. The Morgan fingerprint density at radius 1 is 1.00 bits per heavy atom. The molecule has 1 unspecified atom stereocenters. The number of benzene rings is 2. The van der Waals surface area contributed by atoms with Gasteiger partial charge in [0, 0.05) is 24.0 Å². The van der Waals surface area contributed by atoms with Gasteiger partial charge in [0.25, 0.3) is 0 Å². The van der Waals surface area contributed by atoms with Crippen LogP contribution in [0.25, 0.3) is 21.9 Å². The molecule has 0 amide bonds. The lowest BCUT2D eigenvalue weighted by Gasteiger charge is -2.13. The van der Waals surface area contributed by atoms with Crippen LogP contribution in [-0.2, 0) is 13.1 Å². The van der Waals surface area contributed by atoms with Gasteiger partial charge in [-0.25, -0.2) is 9.78 Å². The molecule has 0 aliphatic carbocycles. The predicted octanol–water partition coefficient (Wildman–Crippen LogP) is 5.37. The molecular formula is C25H27N3O2S. The molecule has 0 saturated heterocycles. The van der Waals surface area contributed by atoms with E-state index < -0.39 is 0 Å². The number of ketones is 1. The van der Waals surface area contributed by atoms with Crippen molar-refractivity contribution in [1.29, 1.82) is 0 Å². The number of carbonyl (C=O) groups is 1. The lowest BCUT2D eigenvalue weighted by Crippen LogP contribution is -2.23. The van der Waals surface area contributed by atoms with E-state index in [2.05, 4.69) is 32.0 Å². The maximum absolute atomic E-state index is 13.2. The van der Waals surface area contributed by atoms with Crippen LogP contribution >= 0.6 is 11.8 Å². The van der Waals surface area contributed by atoms with Crippen molar-refractivity contribution in [2.45, 2.75) is 58.0 Å². The van der Waals surface area contributed by atoms with Crippen molar-refractivity contribution in [3.05, 3.63) is 69.6 Å². The Morgan fingerprint density at radius 3 is 2.42 bits per heavy atom. The number of thioether (sulfide) groups is 1. The largest absolute Gasteiger partial charge is 0.329 e. The van der Waals surface area contributed by atoms with Crippen molar-refractivity contribution < 1.29 is 4.79 Å². The van der Waals surface area contributed by atoms with Crippen LogP contribution in [0.1, 0.15) is 42.3 Å². The van der Waals surface area contributed by atoms with Crippen molar-refractivity contribution in [2.75, 3.05) is 0 Å². The molecule has 0 radical (unpaired) electrons. The predicted molar refractivity (Wildman–Crippen MR) is 128 cm³/mol. The highest BCUT2D eigenvalue weighted by Gasteiger charge is 2.20. The van der Waals surface area contributed by atoms with Crippen molar-refractivity contribution in [1.82, 2.24) is 14.1 Å². The van der Waals surface area contributed by atoms with Gasteiger partial charge < -0.3 is 0 Å². The number of nitrogens with zero attached hydrogens (tertiary/aromatic N) is 3. The maximum Gasteiger partial charge on any atom is 0.329 e. The molecule has 0 fully saturated rings. The molecule has 0 aliphatic heterocycles. The number of aryl methyl sites for hydroxylation is 4. The van der Waals surface area contributed by atoms with E-state index in [9.17, 15) is 9.59 Å². The van der Waals surface area contributed by atoms with Gasteiger partial charge >= 0.3 is 5.69 Å². The van der Waals surface area contributed by atoms with Gasteiger partial charge in [0.2, 0.25) is 0 Å². The quantitative estimate of drug-likeness (QED) is 0.303. The summed E-state index contributed by atoms with van der Waals surface area (Å²) in [6.45, 7) is 11.1. The topological polar surface area (TPSA) is 56.9 Å². The molecule has 1 atom stereocenters. The molecule has 160 valence electrons. The Bertz CT molecular complexity index is 1370. The summed E-state index contributed by atoms with van der Waals surface area (Å²) in [4.78, 5) is 30.6. The van der Waals surface area contributed by atoms with Gasteiger partial charge in [-0.15, -0.1) is 0 Å². The van der Waals surface area contributed by atoms with E-state index in [1.54, 1.807) is 9.13 Å². The van der Waals surface area contributed by atoms with Crippen LogP contribution in [0.15, 0.2) is 52.3 Å². The van der Waals surface area contributed by atoms with Gasteiger partial charge in [-0.05, 0) is 70.0 Å². The summed E-state index contributed by atoms with van der Waals surface area (Å²) in [6.07, 6.45) is 0. The van der Waals surface area contributed by atoms with Crippen LogP contribution in [0, 0.1) is 13.8 Å². The van der Waals surface area contributed by atoms with Crippen LogP contribution in [0.5, 0.6) is 0 Å². The minimum absolute atomic E-state index is 0.0294. The molecule has 4 rings (SSSR count). The summed E-state index contributed by atoms with van der Waals surface area (Å²) in [5.41, 5.74) is 5.55. The Labute approximate surface area is 186 Å². The van der Waals surface area contributed by atoms with Gasteiger partial charge in [-0.1, -0.05) is 30.0 Å². The third-order valence-electron chi connectivity index (χ3n) is 5.83. The molecule has 0 aliphatic rings. The zero-order valence-corrected chi connectivity index (χ0v) is 19.4. The molecule has 0 spiro atoms. The van der Waals surface area contributed by atoms with E-state index in [-0.39, 0.29) is 16.7 Å². The highest BCUT2D eigenvalue weighted by Crippen LogP contribution is 2.30. The Hall–Kier alpha value is -2.86.